The Balaban J connectivity index is 2.15. The minimum absolute atomic E-state index is 0.231. The van der Waals surface area contributed by atoms with Gasteiger partial charge in [0.1, 0.15) is 0 Å². The van der Waals surface area contributed by atoms with Crippen LogP contribution in [0.1, 0.15) is 24.4 Å². The van der Waals surface area contributed by atoms with Gasteiger partial charge in [-0.15, -0.1) is 0 Å². The summed E-state index contributed by atoms with van der Waals surface area (Å²) in [7, 11) is -0.398. The van der Waals surface area contributed by atoms with Gasteiger partial charge in [-0.1, -0.05) is 42.0 Å². The third-order valence-corrected chi connectivity index (χ3v) is 6.74. The van der Waals surface area contributed by atoms with Crippen LogP contribution in [0, 0.1) is 0 Å². The third kappa shape index (κ3) is 3.60. The quantitative estimate of drug-likeness (QED) is 0.777. The average molecular weight is 395 g/mol. The Morgan fingerprint density at radius 2 is 2.15 bits per heavy atom. The fourth-order valence-corrected chi connectivity index (χ4v) is 5.08. The second-order valence-corrected chi connectivity index (χ2v) is 8.66. The summed E-state index contributed by atoms with van der Waals surface area (Å²) in [6.45, 7) is 1.36. The highest BCUT2D eigenvalue weighted by Gasteiger charge is 2.35. The molecule has 3 rings (SSSR count). The number of ether oxygens (including phenoxy) is 1. The van der Waals surface area contributed by atoms with Gasteiger partial charge in [0.05, 0.1) is 10.9 Å². The van der Waals surface area contributed by atoms with Gasteiger partial charge in [0, 0.05) is 37.9 Å². The van der Waals surface area contributed by atoms with Crippen molar-refractivity contribution in [3.05, 3.63) is 64.4 Å². The zero-order valence-electron chi connectivity index (χ0n) is 14.9. The van der Waals surface area contributed by atoms with Crippen molar-refractivity contribution in [3.63, 3.8) is 0 Å². The summed E-state index contributed by atoms with van der Waals surface area (Å²) in [5.74, 6) is 0. The molecule has 0 bridgehead atoms. The molecule has 5 nitrogen and oxygen atoms in total. The average Bonchev–Trinajstić information content (AvgIpc) is 2.89. The first kappa shape index (κ1) is 19.2. The Kier molecular flexibility index (Phi) is 5.87. The van der Waals surface area contributed by atoms with Crippen molar-refractivity contribution < 1.29 is 13.2 Å². The summed E-state index contributed by atoms with van der Waals surface area (Å²) in [5.41, 5.74) is 2.45. The minimum Gasteiger partial charge on any atom is -0.385 e. The van der Waals surface area contributed by atoms with Crippen LogP contribution in [0.25, 0.3) is 0 Å². The van der Waals surface area contributed by atoms with Crippen LogP contribution in [0.4, 0.5) is 0 Å². The molecule has 1 aromatic carbocycles. The van der Waals surface area contributed by atoms with Crippen molar-refractivity contribution in [1.82, 2.24) is 9.62 Å². The van der Waals surface area contributed by atoms with Gasteiger partial charge in [-0.05, 0) is 36.2 Å². The summed E-state index contributed by atoms with van der Waals surface area (Å²) in [6, 6.07) is 4.85. The first-order valence-corrected chi connectivity index (χ1v) is 10.4. The minimum atomic E-state index is -3.68. The molecule has 26 heavy (non-hydrogen) atoms. The maximum absolute atomic E-state index is 13.2. The number of rotatable bonds is 5. The van der Waals surface area contributed by atoms with Gasteiger partial charge in [-0.25, -0.2) is 8.42 Å². The van der Waals surface area contributed by atoms with Crippen molar-refractivity contribution in [2.75, 3.05) is 27.3 Å². The number of hydrogen-bond acceptors (Lipinski definition) is 4. The topological polar surface area (TPSA) is 58.6 Å². The number of benzene rings is 1. The molecule has 0 aromatic heterocycles. The molecule has 1 N–H and O–H groups in total. The van der Waals surface area contributed by atoms with Crippen LogP contribution in [0.15, 0.2) is 58.7 Å². The van der Waals surface area contributed by atoms with Crippen LogP contribution in [-0.4, -0.2) is 40.0 Å². The summed E-state index contributed by atoms with van der Waals surface area (Å²) in [6.07, 6.45) is 9.24. The second-order valence-electron chi connectivity index (χ2n) is 6.28. The van der Waals surface area contributed by atoms with E-state index in [1.165, 1.54) is 4.31 Å². The van der Waals surface area contributed by atoms with Crippen LogP contribution in [0.2, 0.25) is 5.02 Å². The first-order valence-electron chi connectivity index (χ1n) is 8.53. The number of allylic oxidation sites excluding steroid dienone is 3. The first-order chi connectivity index (χ1) is 12.5. The highest BCUT2D eigenvalue weighted by atomic mass is 35.5. The normalized spacial score (nSPS) is 21.2. The molecular formula is C19H23ClN2O3S. The molecule has 0 amide bonds. The molecular weight excluding hydrogens is 372 g/mol. The van der Waals surface area contributed by atoms with E-state index in [1.54, 1.807) is 32.4 Å². The van der Waals surface area contributed by atoms with E-state index < -0.39 is 10.0 Å². The van der Waals surface area contributed by atoms with Gasteiger partial charge < -0.3 is 10.1 Å². The van der Waals surface area contributed by atoms with E-state index in [0.29, 0.717) is 24.6 Å². The standard InChI is InChI=1S/C19H23ClN2O3S/c1-22-17-8-5-3-4-7-15(17)19(21-11-6-12-25-2)16-10-9-14(20)13-18(16)26(22,23)24/h3-5,7,9-10,13,19,21H,6,8,11-12H2,1-2H3. The Labute approximate surface area is 160 Å². The lowest BCUT2D eigenvalue weighted by Crippen LogP contribution is -2.26. The largest absolute Gasteiger partial charge is 0.385 e. The molecule has 140 valence electrons. The molecule has 1 unspecified atom stereocenters. The lowest BCUT2D eigenvalue weighted by molar-refractivity contribution is 0.193. The Morgan fingerprint density at radius 3 is 2.92 bits per heavy atom. The maximum Gasteiger partial charge on any atom is 0.264 e. The van der Waals surface area contributed by atoms with Gasteiger partial charge in [-0.2, -0.15) is 0 Å². The van der Waals surface area contributed by atoms with Crippen LogP contribution in [-0.2, 0) is 14.8 Å². The molecule has 2 aliphatic rings. The predicted molar refractivity (Wildman–Crippen MR) is 104 cm³/mol. The molecule has 1 aliphatic heterocycles. The molecule has 1 atom stereocenters. The maximum atomic E-state index is 13.2. The number of nitrogens with one attached hydrogen (secondary N) is 1. The lowest BCUT2D eigenvalue weighted by Gasteiger charge is -2.23. The van der Waals surface area contributed by atoms with Gasteiger partial charge in [0.15, 0.2) is 0 Å². The molecule has 1 aliphatic carbocycles. The number of methoxy groups -OCH3 is 1. The van der Waals surface area contributed by atoms with Gasteiger partial charge in [0.25, 0.3) is 10.0 Å². The highest BCUT2D eigenvalue weighted by Crippen LogP contribution is 2.40. The van der Waals surface area contributed by atoms with Crippen molar-refractivity contribution in [1.29, 1.82) is 0 Å². The van der Waals surface area contributed by atoms with Gasteiger partial charge in [-0.3, -0.25) is 4.31 Å². The molecule has 0 saturated heterocycles. The van der Waals surface area contributed by atoms with Crippen molar-refractivity contribution >= 4 is 21.6 Å². The number of nitrogens with zero attached hydrogens (tertiary/aromatic N) is 1. The lowest BCUT2D eigenvalue weighted by atomic mass is 9.95. The van der Waals surface area contributed by atoms with E-state index in [4.69, 9.17) is 16.3 Å². The Bertz CT molecular complexity index is 875. The third-order valence-electron chi connectivity index (χ3n) is 4.66. The van der Waals surface area contributed by atoms with E-state index in [1.807, 2.05) is 24.3 Å². The van der Waals surface area contributed by atoms with E-state index in [0.717, 1.165) is 23.3 Å². The molecule has 0 spiro atoms. The van der Waals surface area contributed by atoms with E-state index >= 15 is 0 Å². The zero-order valence-corrected chi connectivity index (χ0v) is 16.5. The molecule has 1 aromatic rings. The molecule has 7 heteroatoms. The SMILES string of the molecule is COCCCNC1C2=C(CC=CC=C2)N(C)S(=O)(=O)c2cc(Cl)ccc21. The fraction of sp³-hybridized carbons (Fsp3) is 0.368. The van der Waals surface area contributed by atoms with Crippen LogP contribution in [0.5, 0.6) is 0 Å². The van der Waals surface area contributed by atoms with Crippen LogP contribution in [0.3, 0.4) is 0 Å². The van der Waals surface area contributed by atoms with E-state index in [2.05, 4.69) is 5.32 Å². The van der Waals surface area contributed by atoms with E-state index in [-0.39, 0.29) is 10.9 Å². The van der Waals surface area contributed by atoms with Gasteiger partial charge >= 0.3 is 0 Å². The van der Waals surface area contributed by atoms with Crippen LogP contribution >= 0.6 is 11.6 Å². The summed E-state index contributed by atoms with van der Waals surface area (Å²) in [5, 5.41) is 3.91. The van der Waals surface area contributed by atoms with Crippen molar-refractivity contribution in [2.45, 2.75) is 23.8 Å². The molecule has 0 radical (unpaired) electrons. The van der Waals surface area contributed by atoms with Gasteiger partial charge in [0.2, 0.25) is 0 Å². The monoisotopic (exact) mass is 394 g/mol. The summed E-state index contributed by atoms with van der Waals surface area (Å²) >= 11 is 6.12. The van der Waals surface area contributed by atoms with E-state index in [9.17, 15) is 8.42 Å². The second kappa shape index (κ2) is 7.96. The Morgan fingerprint density at radius 1 is 1.35 bits per heavy atom. The number of fused-ring (bicyclic) bond motifs is 1. The summed E-state index contributed by atoms with van der Waals surface area (Å²) in [4.78, 5) is 0.252. The highest BCUT2D eigenvalue weighted by molar-refractivity contribution is 7.89. The van der Waals surface area contributed by atoms with Crippen LogP contribution < -0.4 is 5.32 Å². The van der Waals surface area contributed by atoms with Crippen molar-refractivity contribution in [2.24, 2.45) is 0 Å². The molecule has 0 saturated carbocycles. The number of halogens is 1. The zero-order chi connectivity index (χ0) is 18.7. The van der Waals surface area contributed by atoms with Crippen molar-refractivity contribution in [3.8, 4) is 0 Å². The molecule has 0 fully saturated rings. The number of hydrogen-bond donors (Lipinski definition) is 1. The molecule has 1 heterocycles. The summed E-state index contributed by atoms with van der Waals surface area (Å²) < 4.78 is 32.9. The smallest absolute Gasteiger partial charge is 0.264 e. The Hall–Kier alpha value is -1.60. The predicted octanol–water partition coefficient (Wildman–Crippen LogP) is 3.41. The fourth-order valence-electron chi connectivity index (χ4n) is 3.32. The number of sulfonamides is 1.